The number of hydrogen-bond acceptors (Lipinski definition) is 4. The van der Waals surface area contributed by atoms with Crippen molar-refractivity contribution < 1.29 is 8.42 Å². The normalized spacial score (nSPS) is 29.0. The standard InChI is InChI=1S/C15H30N2O2S/c1-4-8-20(18,19)9-7-17-11-14(13-5-6-13)16-10-15(17)12(2)3/h12-16H,4-11H2,1-3H3. The largest absolute Gasteiger partial charge is 0.311 e. The summed E-state index contributed by atoms with van der Waals surface area (Å²) in [6, 6.07) is 1.06. The van der Waals surface area contributed by atoms with Crippen molar-refractivity contribution in [3.8, 4) is 0 Å². The minimum absolute atomic E-state index is 0.321. The second-order valence-electron chi connectivity index (χ2n) is 6.81. The van der Waals surface area contributed by atoms with Crippen LogP contribution in [-0.4, -0.2) is 56.5 Å². The first-order valence-corrected chi connectivity index (χ1v) is 9.93. The molecule has 2 aliphatic rings. The minimum atomic E-state index is -2.86. The number of hydrogen-bond donors (Lipinski definition) is 1. The van der Waals surface area contributed by atoms with E-state index in [1.165, 1.54) is 12.8 Å². The van der Waals surface area contributed by atoms with Gasteiger partial charge in [-0.2, -0.15) is 0 Å². The highest BCUT2D eigenvalue weighted by atomic mass is 32.2. The molecule has 1 aliphatic heterocycles. The molecule has 0 spiro atoms. The van der Waals surface area contributed by atoms with Crippen LogP contribution in [0.4, 0.5) is 0 Å². The van der Waals surface area contributed by atoms with Crippen molar-refractivity contribution in [3.05, 3.63) is 0 Å². The highest BCUT2D eigenvalue weighted by Gasteiger charge is 2.38. The minimum Gasteiger partial charge on any atom is -0.311 e. The first kappa shape index (κ1) is 16.2. The van der Waals surface area contributed by atoms with Crippen molar-refractivity contribution in [1.82, 2.24) is 10.2 Å². The molecule has 1 saturated carbocycles. The average Bonchev–Trinajstić information content (AvgIpc) is 3.20. The highest BCUT2D eigenvalue weighted by molar-refractivity contribution is 7.91. The van der Waals surface area contributed by atoms with Gasteiger partial charge < -0.3 is 5.32 Å². The van der Waals surface area contributed by atoms with Gasteiger partial charge in [-0.05, 0) is 31.1 Å². The summed E-state index contributed by atoms with van der Waals surface area (Å²) < 4.78 is 23.9. The van der Waals surface area contributed by atoms with Crippen LogP contribution >= 0.6 is 0 Å². The van der Waals surface area contributed by atoms with Crippen LogP contribution in [0.15, 0.2) is 0 Å². The summed E-state index contributed by atoms with van der Waals surface area (Å²) >= 11 is 0. The Labute approximate surface area is 124 Å². The summed E-state index contributed by atoms with van der Waals surface area (Å²) in [6.07, 6.45) is 3.40. The van der Waals surface area contributed by atoms with Gasteiger partial charge in [-0.1, -0.05) is 20.8 Å². The Kier molecular flexibility index (Phi) is 5.49. The van der Waals surface area contributed by atoms with Gasteiger partial charge in [-0.25, -0.2) is 8.42 Å². The molecule has 1 aliphatic carbocycles. The molecule has 1 saturated heterocycles. The average molecular weight is 302 g/mol. The molecule has 2 fully saturated rings. The van der Waals surface area contributed by atoms with Crippen molar-refractivity contribution in [2.45, 2.75) is 52.1 Å². The van der Waals surface area contributed by atoms with Gasteiger partial charge in [0, 0.05) is 37.5 Å². The SMILES string of the molecule is CCCS(=O)(=O)CCN1CC(C2CC2)NCC1C(C)C. The van der Waals surface area contributed by atoms with Crippen LogP contribution in [0, 0.1) is 11.8 Å². The van der Waals surface area contributed by atoms with Gasteiger partial charge in [0.25, 0.3) is 0 Å². The van der Waals surface area contributed by atoms with E-state index in [2.05, 4.69) is 24.1 Å². The van der Waals surface area contributed by atoms with Gasteiger partial charge in [0.15, 0.2) is 9.84 Å². The summed E-state index contributed by atoms with van der Waals surface area (Å²) in [6.45, 7) is 9.13. The third kappa shape index (κ3) is 4.43. The smallest absolute Gasteiger partial charge is 0.151 e. The van der Waals surface area contributed by atoms with E-state index in [-0.39, 0.29) is 0 Å². The van der Waals surface area contributed by atoms with E-state index >= 15 is 0 Å². The molecule has 118 valence electrons. The van der Waals surface area contributed by atoms with Crippen molar-refractivity contribution in [2.75, 3.05) is 31.1 Å². The molecule has 0 aromatic rings. The third-order valence-electron chi connectivity index (χ3n) is 4.65. The van der Waals surface area contributed by atoms with Crippen LogP contribution in [-0.2, 0) is 9.84 Å². The summed E-state index contributed by atoms with van der Waals surface area (Å²) in [5.41, 5.74) is 0. The molecule has 0 aromatic heterocycles. The van der Waals surface area contributed by atoms with Crippen LogP contribution in [0.1, 0.15) is 40.0 Å². The van der Waals surface area contributed by atoms with Gasteiger partial charge in [-0.15, -0.1) is 0 Å². The predicted octanol–water partition coefficient (Wildman–Crippen LogP) is 1.52. The first-order valence-electron chi connectivity index (χ1n) is 8.11. The summed E-state index contributed by atoms with van der Waals surface area (Å²) in [5.74, 6) is 2.05. The highest BCUT2D eigenvalue weighted by Crippen LogP contribution is 2.34. The topological polar surface area (TPSA) is 49.4 Å². The molecular formula is C15H30N2O2S. The summed E-state index contributed by atoms with van der Waals surface area (Å²) in [4.78, 5) is 2.43. The van der Waals surface area contributed by atoms with Crippen molar-refractivity contribution in [1.29, 1.82) is 0 Å². The first-order chi connectivity index (χ1) is 9.43. The third-order valence-corrected chi connectivity index (χ3v) is 6.49. The number of rotatable bonds is 7. The quantitative estimate of drug-likeness (QED) is 0.775. The Morgan fingerprint density at radius 3 is 2.50 bits per heavy atom. The van der Waals surface area contributed by atoms with Gasteiger partial charge in [0.2, 0.25) is 0 Å². The lowest BCUT2D eigenvalue weighted by Crippen LogP contribution is -2.59. The van der Waals surface area contributed by atoms with E-state index in [1.807, 2.05) is 6.92 Å². The maximum absolute atomic E-state index is 11.9. The zero-order valence-corrected chi connectivity index (χ0v) is 14.0. The molecule has 4 nitrogen and oxygen atoms in total. The van der Waals surface area contributed by atoms with E-state index in [0.717, 1.165) is 25.4 Å². The Balaban J connectivity index is 1.92. The molecule has 0 bridgehead atoms. The van der Waals surface area contributed by atoms with E-state index in [4.69, 9.17) is 0 Å². The Hall–Kier alpha value is -0.130. The Morgan fingerprint density at radius 1 is 1.25 bits per heavy atom. The van der Waals surface area contributed by atoms with Crippen LogP contribution in [0.3, 0.4) is 0 Å². The lowest BCUT2D eigenvalue weighted by atomic mass is 9.97. The molecule has 5 heteroatoms. The van der Waals surface area contributed by atoms with Crippen molar-refractivity contribution in [3.63, 3.8) is 0 Å². The van der Waals surface area contributed by atoms with Crippen LogP contribution < -0.4 is 5.32 Å². The van der Waals surface area contributed by atoms with Gasteiger partial charge in [0.1, 0.15) is 0 Å². The van der Waals surface area contributed by atoms with Crippen molar-refractivity contribution in [2.24, 2.45) is 11.8 Å². The zero-order chi connectivity index (χ0) is 14.8. The van der Waals surface area contributed by atoms with E-state index < -0.39 is 9.84 Å². The molecular weight excluding hydrogens is 272 g/mol. The predicted molar refractivity (Wildman–Crippen MR) is 83.7 cm³/mol. The molecule has 2 unspecified atom stereocenters. The Bertz CT molecular complexity index is 404. The molecule has 2 atom stereocenters. The van der Waals surface area contributed by atoms with Crippen LogP contribution in [0.5, 0.6) is 0 Å². The second-order valence-corrected chi connectivity index (χ2v) is 9.11. The van der Waals surface area contributed by atoms with Crippen molar-refractivity contribution >= 4 is 9.84 Å². The number of nitrogens with one attached hydrogen (secondary N) is 1. The van der Waals surface area contributed by atoms with E-state index in [9.17, 15) is 8.42 Å². The number of piperazine rings is 1. The molecule has 0 amide bonds. The van der Waals surface area contributed by atoms with E-state index in [0.29, 0.717) is 36.1 Å². The molecule has 0 aromatic carbocycles. The van der Waals surface area contributed by atoms with Gasteiger partial charge in [-0.3, -0.25) is 4.90 Å². The molecule has 1 heterocycles. The Morgan fingerprint density at radius 2 is 1.95 bits per heavy atom. The lowest BCUT2D eigenvalue weighted by Gasteiger charge is -2.42. The molecule has 2 rings (SSSR count). The van der Waals surface area contributed by atoms with Crippen LogP contribution in [0.2, 0.25) is 0 Å². The lowest BCUT2D eigenvalue weighted by molar-refractivity contribution is 0.0988. The molecule has 0 radical (unpaired) electrons. The van der Waals surface area contributed by atoms with Gasteiger partial charge in [0.05, 0.1) is 5.75 Å². The molecule has 1 N–H and O–H groups in total. The van der Waals surface area contributed by atoms with E-state index in [1.54, 1.807) is 0 Å². The maximum atomic E-state index is 11.9. The summed E-state index contributed by atoms with van der Waals surface area (Å²) in [7, 11) is -2.86. The number of sulfone groups is 1. The van der Waals surface area contributed by atoms with Crippen LogP contribution in [0.25, 0.3) is 0 Å². The fourth-order valence-corrected chi connectivity index (χ4v) is 4.59. The second kappa shape index (κ2) is 6.75. The monoisotopic (exact) mass is 302 g/mol. The van der Waals surface area contributed by atoms with Gasteiger partial charge >= 0.3 is 0 Å². The maximum Gasteiger partial charge on any atom is 0.151 e. The fraction of sp³-hybridized carbons (Fsp3) is 1.00. The molecule has 20 heavy (non-hydrogen) atoms. The summed E-state index contributed by atoms with van der Waals surface area (Å²) in [5, 5.41) is 3.67. The zero-order valence-electron chi connectivity index (χ0n) is 13.1. The number of nitrogens with zero attached hydrogens (tertiary/aromatic N) is 1. The fourth-order valence-electron chi connectivity index (χ4n) is 3.25.